The molecule has 0 atom stereocenters. The van der Waals surface area contributed by atoms with Crippen LogP contribution in [-0.2, 0) is 4.79 Å². The molecule has 0 bridgehead atoms. The van der Waals surface area contributed by atoms with Crippen molar-refractivity contribution in [3.8, 4) is 0 Å². The molecule has 0 aliphatic heterocycles. The fraction of sp³-hybridized carbons (Fsp3) is 0.682. The van der Waals surface area contributed by atoms with Crippen LogP contribution in [0.3, 0.4) is 0 Å². The SMILES string of the molecule is CCCCCCCCCCCCCCCC(=O)Nc1ccc(Cl)c(Cl)c1. The molecule has 0 heterocycles. The molecule has 0 aliphatic carbocycles. The maximum absolute atomic E-state index is 11.9. The molecular weight excluding hydrogens is 365 g/mol. The molecule has 1 aromatic carbocycles. The number of hydrogen-bond acceptors (Lipinski definition) is 1. The molecule has 0 unspecified atom stereocenters. The number of nitrogens with one attached hydrogen (secondary N) is 1. The largest absolute Gasteiger partial charge is 0.326 e. The van der Waals surface area contributed by atoms with Gasteiger partial charge in [-0.25, -0.2) is 0 Å². The van der Waals surface area contributed by atoms with Gasteiger partial charge < -0.3 is 5.32 Å². The molecule has 4 heteroatoms. The van der Waals surface area contributed by atoms with Crippen LogP contribution in [-0.4, -0.2) is 5.91 Å². The van der Waals surface area contributed by atoms with Crippen LogP contribution >= 0.6 is 23.2 Å². The lowest BCUT2D eigenvalue weighted by Gasteiger charge is -2.06. The van der Waals surface area contributed by atoms with Gasteiger partial charge in [0, 0.05) is 12.1 Å². The van der Waals surface area contributed by atoms with Crippen molar-refractivity contribution >= 4 is 34.8 Å². The number of amides is 1. The van der Waals surface area contributed by atoms with Crippen molar-refractivity contribution in [1.82, 2.24) is 0 Å². The Balaban J connectivity index is 1.91. The van der Waals surface area contributed by atoms with E-state index in [1.807, 2.05) is 0 Å². The van der Waals surface area contributed by atoms with E-state index in [4.69, 9.17) is 23.2 Å². The first-order chi connectivity index (χ1) is 12.6. The van der Waals surface area contributed by atoms with Gasteiger partial charge in [-0.3, -0.25) is 4.79 Å². The van der Waals surface area contributed by atoms with Gasteiger partial charge in [0.15, 0.2) is 0 Å². The molecule has 2 nitrogen and oxygen atoms in total. The van der Waals surface area contributed by atoms with E-state index >= 15 is 0 Å². The summed E-state index contributed by atoms with van der Waals surface area (Å²) in [5, 5.41) is 3.84. The van der Waals surface area contributed by atoms with Crippen LogP contribution in [0.5, 0.6) is 0 Å². The molecule has 0 saturated heterocycles. The molecule has 0 fully saturated rings. The molecule has 1 amide bonds. The third kappa shape index (κ3) is 11.8. The fourth-order valence-corrected chi connectivity index (χ4v) is 3.40. The summed E-state index contributed by atoms with van der Waals surface area (Å²) in [6.07, 6.45) is 17.6. The molecule has 0 aromatic heterocycles. The average molecular weight is 400 g/mol. The van der Waals surface area contributed by atoms with Crippen LogP contribution in [0.25, 0.3) is 0 Å². The van der Waals surface area contributed by atoms with Crippen LogP contribution in [0.1, 0.15) is 96.8 Å². The van der Waals surface area contributed by atoms with Gasteiger partial charge in [-0.2, -0.15) is 0 Å². The highest BCUT2D eigenvalue weighted by Gasteiger charge is 2.04. The van der Waals surface area contributed by atoms with Crippen molar-refractivity contribution in [3.05, 3.63) is 28.2 Å². The van der Waals surface area contributed by atoms with Crippen molar-refractivity contribution in [1.29, 1.82) is 0 Å². The van der Waals surface area contributed by atoms with Gasteiger partial charge in [-0.15, -0.1) is 0 Å². The topological polar surface area (TPSA) is 29.1 Å². The fourth-order valence-electron chi connectivity index (χ4n) is 3.10. The monoisotopic (exact) mass is 399 g/mol. The van der Waals surface area contributed by atoms with E-state index in [-0.39, 0.29) is 5.91 Å². The maximum Gasteiger partial charge on any atom is 0.224 e. The minimum atomic E-state index is 0.0477. The van der Waals surface area contributed by atoms with Gasteiger partial charge >= 0.3 is 0 Å². The van der Waals surface area contributed by atoms with E-state index in [1.165, 1.54) is 70.6 Å². The number of anilines is 1. The first-order valence-electron chi connectivity index (χ1n) is 10.4. The van der Waals surface area contributed by atoms with Crippen LogP contribution in [0.4, 0.5) is 5.69 Å². The Hall–Kier alpha value is -0.730. The number of benzene rings is 1. The third-order valence-electron chi connectivity index (χ3n) is 4.71. The number of carbonyl (C=O) groups excluding carboxylic acids is 1. The zero-order valence-corrected chi connectivity index (χ0v) is 17.8. The Morgan fingerprint density at radius 1 is 0.769 bits per heavy atom. The highest BCUT2D eigenvalue weighted by atomic mass is 35.5. The van der Waals surface area contributed by atoms with E-state index in [1.54, 1.807) is 18.2 Å². The molecular formula is C22H35Cl2NO. The molecule has 0 spiro atoms. The van der Waals surface area contributed by atoms with Crippen LogP contribution in [0.15, 0.2) is 18.2 Å². The Morgan fingerprint density at radius 3 is 1.77 bits per heavy atom. The van der Waals surface area contributed by atoms with Gasteiger partial charge in [0.2, 0.25) is 5.91 Å². The summed E-state index contributed by atoms with van der Waals surface area (Å²) in [5.41, 5.74) is 0.707. The number of rotatable bonds is 15. The highest BCUT2D eigenvalue weighted by Crippen LogP contribution is 2.25. The zero-order valence-electron chi connectivity index (χ0n) is 16.3. The number of halogens is 2. The maximum atomic E-state index is 11.9. The number of hydrogen-bond donors (Lipinski definition) is 1. The molecule has 1 N–H and O–H groups in total. The zero-order chi connectivity index (χ0) is 19.0. The molecule has 0 aliphatic rings. The summed E-state index contributed by atoms with van der Waals surface area (Å²) >= 11 is 11.8. The van der Waals surface area contributed by atoms with Crippen LogP contribution in [0, 0.1) is 0 Å². The standard InChI is InChI=1S/C22H35Cl2NO/c1-2-3-4-5-6-7-8-9-10-11-12-13-14-15-22(26)25-19-16-17-20(23)21(24)18-19/h16-18H,2-15H2,1H3,(H,25,26). The van der Waals surface area contributed by atoms with Crippen molar-refractivity contribution in [2.24, 2.45) is 0 Å². The Morgan fingerprint density at radius 2 is 1.27 bits per heavy atom. The van der Waals surface area contributed by atoms with E-state index in [0.717, 1.165) is 12.8 Å². The van der Waals surface area contributed by atoms with Crippen molar-refractivity contribution < 1.29 is 4.79 Å². The van der Waals surface area contributed by atoms with E-state index < -0.39 is 0 Å². The molecule has 0 radical (unpaired) electrons. The Bertz CT molecular complexity index is 505. The summed E-state index contributed by atoms with van der Waals surface area (Å²) in [6.45, 7) is 2.27. The third-order valence-corrected chi connectivity index (χ3v) is 5.45. The second-order valence-electron chi connectivity index (χ2n) is 7.17. The summed E-state index contributed by atoms with van der Waals surface area (Å²) in [4.78, 5) is 11.9. The van der Waals surface area contributed by atoms with Gasteiger partial charge in [-0.1, -0.05) is 107 Å². The lowest BCUT2D eigenvalue weighted by Crippen LogP contribution is -2.10. The van der Waals surface area contributed by atoms with Crippen LogP contribution < -0.4 is 5.32 Å². The minimum Gasteiger partial charge on any atom is -0.326 e. The van der Waals surface area contributed by atoms with Crippen molar-refractivity contribution in [3.63, 3.8) is 0 Å². The van der Waals surface area contributed by atoms with Crippen LogP contribution in [0.2, 0.25) is 10.0 Å². The minimum absolute atomic E-state index is 0.0477. The van der Waals surface area contributed by atoms with Gasteiger partial charge in [0.05, 0.1) is 10.0 Å². The first kappa shape index (κ1) is 23.3. The molecule has 0 saturated carbocycles. The van der Waals surface area contributed by atoms with Gasteiger partial charge in [0.1, 0.15) is 0 Å². The highest BCUT2D eigenvalue weighted by molar-refractivity contribution is 6.42. The molecule has 26 heavy (non-hydrogen) atoms. The van der Waals surface area contributed by atoms with Gasteiger partial charge in [-0.05, 0) is 24.6 Å². The smallest absolute Gasteiger partial charge is 0.224 e. The second-order valence-corrected chi connectivity index (χ2v) is 7.98. The lowest BCUT2D eigenvalue weighted by atomic mass is 10.0. The average Bonchev–Trinajstić information content (AvgIpc) is 2.62. The lowest BCUT2D eigenvalue weighted by molar-refractivity contribution is -0.116. The van der Waals surface area contributed by atoms with Crippen molar-refractivity contribution in [2.45, 2.75) is 96.8 Å². The summed E-state index contributed by atoms with van der Waals surface area (Å²) in [5.74, 6) is 0.0477. The molecule has 1 aromatic rings. The van der Waals surface area contributed by atoms with E-state index in [9.17, 15) is 4.79 Å². The Labute approximate surface area is 170 Å². The molecule has 1 rings (SSSR count). The quantitative estimate of drug-likeness (QED) is 0.294. The van der Waals surface area contributed by atoms with E-state index in [2.05, 4.69) is 12.2 Å². The first-order valence-corrected chi connectivity index (χ1v) is 11.1. The molecule has 148 valence electrons. The van der Waals surface area contributed by atoms with Gasteiger partial charge in [0.25, 0.3) is 0 Å². The Kier molecular flexibility index (Phi) is 13.8. The second kappa shape index (κ2) is 15.3. The summed E-state index contributed by atoms with van der Waals surface area (Å²) in [6, 6.07) is 5.16. The van der Waals surface area contributed by atoms with Crippen molar-refractivity contribution in [2.75, 3.05) is 5.32 Å². The predicted octanol–water partition coefficient (Wildman–Crippen LogP) is 8.41. The summed E-state index contributed by atoms with van der Waals surface area (Å²) in [7, 11) is 0. The number of carbonyl (C=O) groups is 1. The van der Waals surface area contributed by atoms with E-state index in [0.29, 0.717) is 22.2 Å². The predicted molar refractivity (Wildman–Crippen MR) is 115 cm³/mol. The number of unbranched alkanes of at least 4 members (excludes halogenated alkanes) is 12. The summed E-state index contributed by atoms with van der Waals surface area (Å²) < 4.78 is 0. The normalized spacial score (nSPS) is 10.9.